The normalized spacial score (nSPS) is 27.9. The molecule has 1 N–H and O–H groups in total. The van der Waals surface area contributed by atoms with Crippen molar-refractivity contribution in [3.05, 3.63) is 0 Å². The zero-order valence-corrected chi connectivity index (χ0v) is 14.8. The maximum absolute atomic E-state index is 12.4. The van der Waals surface area contributed by atoms with Gasteiger partial charge in [-0.15, -0.1) is 0 Å². The van der Waals surface area contributed by atoms with Gasteiger partial charge in [-0.2, -0.15) is 13.2 Å². The molecule has 0 spiro atoms. The van der Waals surface area contributed by atoms with Crippen LogP contribution in [-0.4, -0.2) is 67.2 Å². The molecule has 2 heterocycles. The Morgan fingerprint density at radius 3 is 2.39 bits per heavy atom. The number of halogens is 3. The number of hydrogen-bond acceptors (Lipinski definition) is 2. The van der Waals surface area contributed by atoms with Crippen LogP contribution in [0.3, 0.4) is 0 Å². The van der Waals surface area contributed by atoms with Crippen molar-refractivity contribution < 1.29 is 13.2 Å². The molecule has 0 saturated carbocycles. The standard InChI is InChI=1S/C16H29F3N4/c1-14(2)10-23(15(14,3)4)13(20-5)21-8-12-6-7-22(9-12)11-16(17,18)19/h12H,6-11H2,1-5H3,(H,20,21). The molecule has 0 aliphatic carbocycles. The molecule has 2 rings (SSSR count). The topological polar surface area (TPSA) is 30.9 Å². The highest BCUT2D eigenvalue weighted by atomic mass is 19.4. The molecular formula is C16H29F3N4. The highest BCUT2D eigenvalue weighted by Crippen LogP contribution is 2.46. The van der Waals surface area contributed by atoms with Crippen LogP contribution in [0.5, 0.6) is 0 Å². The molecule has 2 aliphatic rings. The molecule has 0 bridgehead atoms. The van der Waals surface area contributed by atoms with Gasteiger partial charge in [0.05, 0.1) is 6.54 Å². The van der Waals surface area contributed by atoms with Gasteiger partial charge in [-0.25, -0.2) is 0 Å². The number of hydrogen-bond donors (Lipinski definition) is 1. The van der Waals surface area contributed by atoms with Gasteiger partial charge in [0.15, 0.2) is 5.96 Å². The molecule has 0 amide bonds. The second kappa shape index (κ2) is 6.15. The summed E-state index contributed by atoms with van der Waals surface area (Å²) in [6, 6.07) is 0. The Balaban J connectivity index is 1.82. The van der Waals surface area contributed by atoms with Gasteiger partial charge >= 0.3 is 6.18 Å². The summed E-state index contributed by atoms with van der Waals surface area (Å²) in [6.07, 6.45) is -3.31. The van der Waals surface area contributed by atoms with Gasteiger partial charge in [-0.05, 0) is 32.7 Å². The SMILES string of the molecule is CN=C(NCC1CCN(CC(F)(F)F)C1)N1CC(C)(C)C1(C)C. The second-order valence-corrected chi connectivity index (χ2v) is 7.96. The highest BCUT2D eigenvalue weighted by molar-refractivity contribution is 5.82. The minimum Gasteiger partial charge on any atom is -0.356 e. The predicted molar refractivity (Wildman–Crippen MR) is 86.5 cm³/mol. The van der Waals surface area contributed by atoms with Crippen LogP contribution in [0.1, 0.15) is 34.1 Å². The van der Waals surface area contributed by atoms with E-state index in [2.05, 4.69) is 42.9 Å². The average molecular weight is 334 g/mol. The molecule has 0 aromatic heterocycles. The maximum atomic E-state index is 12.4. The van der Waals surface area contributed by atoms with Gasteiger partial charge in [-0.1, -0.05) is 13.8 Å². The summed E-state index contributed by atoms with van der Waals surface area (Å²) in [7, 11) is 1.76. The largest absolute Gasteiger partial charge is 0.401 e. The smallest absolute Gasteiger partial charge is 0.356 e. The summed E-state index contributed by atoms with van der Waals surface area (Å²) in [4.78, 5) is 8.09. The van der Waals surface area contributed by atoms with Crippen molar-refractivity contribution in [3.63, 3.8) is 0 Å². The van der Waals surface area contributed by atoms with Crippen molar-refractivity contribution in [2.75, 3.05) is 39.8 Å². The Hall–Kier alpha value is -0.980. The van der Waals surface area contributed by atoms with Crippen LogP contribution in [0.4, 0.5) is 13.2 Å². The molecular weight excluding hydrogens is 305 g/mol. The first kappa shape index (κ1) is 18.4. The van der Waals surface area contributed by atoms with Gasteiger partial charge in [0.1, 0.15) is 0 Å². The van der Waals surface area contributed by atoms with Gasteiger partial charge in [0, 0.05) is 37.6 Å². The van der Waals surface area contributed by atoms with Gasteiger partial charge in [-0.3, -0.25) is 9.89 Å². The maximum Gasteiger partial charge on any atom is 0.401 e. The Bertz CT molecular complexity index is 457. The summed E-state index contributed by atoms with van der Waals surface area (Å²) in [6.45, 7) is 10.7. The van der Waals surface area contributed by atoms with E-state index in [0.717, 1.165) is 18.9 Å². The van der Waals surface area contributed by atoms with Gasteiger partial charge in [0.2, 0.25) is 0 Å². The number of nitrogens with zero attached hydrogens (tertiary/aromatic N) is 3. The Labute approximate surface area is 137 Å². The summed E-state index contributed by atoms with van der Waals surface area (Å²) in [5.41, 5.74) is 0.244. The monoisotopic (exact) mass is 334 g/mol. The van der Waals surface area contributed by atoms with E-state index in [1.54, 1.807) is 7.05 Å². The van der Waals surface area contributed by atoms with Gasteiger partial charge in [0.25, 0.3) is 0 Å². The van der Waals surface area contributed by atoms with Crippen LogP contribution in [0.25, 0.3) is 0 Å². The molecule has 0 aromatic rings. The predicted octanol–water partition coefficient (Wildman–Crippen LogP) is 2.57. The zero-order valence-electron chi connectivity index (χ0n) is 14.8. The quantitative estimate of drug-likeness (QED) is 0.636. The van der Waals surface area contributed by atoms with Crippen molar-refractivity contribution in [1.82, 2.24) is 15.1 Å². The summed E-state index contributed by atoms with van der Waals surface area (Å²) in [5.74, 6) is 1.09. The van der Waals surface area contributed by atoms with E-state index in [1.807, 2.05) is 0 Å². The molecule has 0 radical (unpaired) electrons. The lowest BCUT2D eigenvalue weighted by molar-refractivity contribution is -0.143. The van der Waals surface area contributed by atoms with Crippen molar-refractivity contribution in [2.45, 2.75) is 45.8 Å². The number of likely N-dealkylation sites (tertiary alicyclic amines) is 2. The van der Waals surface area contributed by atoms with E-state index in [-0.39, 0.29) is 16.9 Å². The number of guanidine groups is 1. The fourth-order valence-corrected chi connectivity index (χ4v) is 3.41. The molecule has 2 aliphatic heterocycles. The van der Waals surface area contributed by atoms with E-state index in [1.165, 1.54) is 4.90 Å². The van der Waals surface area contributed by atoms with Crippen molar-refractivity contribution in [3.8, 4) is 0 Å². The summed E-state index contributed by atoms with van der Waals surface area (Å²) in [5, 5.41) is 3.36. The molecule has 1 unspecified atom stereocenters. The molecule has 2 fully saturated rings. The van der Waals surface area contributed by atoms with E-state index in [9.17, 15) is 13.2 Å². The van der Waals surface area contributed by atoms with E-state index < -0.39 is 12.7 Å². The third-order valence-electron chi connectivity index (χ3n) is 5.67. The third kappa shape index (κ3) is 3.92. The van der Waals surface area contributed by atoms with Crippen LogP contribution in [0, 0.1) is 11.3 Å². The van der Waals surface area contributed by atoms with Gasteiger partial charge < -0.3 is 10.2 Å². The number of nitrogens with one attached hydrogen (secondary N) is 1. The molecule has 1 atom stereocenters. The van der Waals surface area contributed by atoms with Crippen molar-refractivity contribution in [2.24, 2.45) is 16.3 Å². The summed E-state index contributed by atoms with van der Waals surface area (Å²) < 4.78 is 37.3. The van der Waals surface area contributed by atoms with Crippen molar-refractivity contribution in [1.29, 1.82) is 0 Å². The molecule has 0 aromatic carbocycles. The minimum atomic E-state index is -4.11. The molecule has 134 valence electrons. The molecule has 7 heteroatoms. The Morgan fingerprint density at radius 1 is 1.26 bits per heavy atom. The molecule has 4 nitrogen and oxygen atoms in total. The Morgan fingerprint density at radius 2 is 1.91 bits per heavy atom. The highest BCUT2D eigenvalue weighted by Gasteiger charge is 2.53. The Kier molecular flexibility index (Phi) is 4.91. The number of alkyl halides is 3. The van der Waals surface area contributed by atoms with Crippen LogP contribution in [-0.2, 0) is 0 Å². The van der Waals surface area contributed by atoms with E-state index in [4.69, 9.17) is 0 Å². The fraction of sp³-hybridized carbons (Fsp3) is 0.938. The first-order chi connectivity index (χ1) is 10.5. The lowest BCUT2D eigenvalue weighted by Crippen LogP contribution is -2.72. The average Bonchev–Trinajstić information content (AvgIpc) is 2.83. The first-order valence-corrected chi connectivity index (χ1v) is 8.24. The van der Waals surface area contributed by atoms with E-state index in [0.29, 0.717) is 19.6 Å². The zero-order chi connectivity index (χ0) is 17.5. The van der Waals surface area contributed by atoms with E-state index >= 15 is 0 Å². The third-order valence-corrected chi connectivity index (χ3v) is 5.67. The minimum absolute atomic E-state index is 0.0207. The lowest BCUT2D eigenvalue weighted by Gasteiger charge is -2.62. The summed E-state index contributed by atoms with van der Waals surface area (Å²) >= 11 is 0. The molecule has 23 heavy (non-hydrogen) atoms. The number of aliphatic imine (C=N–C) groups is 1. The second-order valence-electron chi connectivity index (χ2n) is 7.96. The molecule has 2 saturated heterocycles. The van der Waals surface area contributed by atoms with Crippen LogP contribution >= 0.6 is 0 Å². The fourth-order valence-electron chi connectivity index (χ4n) is 3.41. The first-order valence-electron chi connectivity index (χ1n) is 8.24. The van der Waals surface area contributed by atoms with Crippen LogP contribution in [0.2, 0.25) is 0 Å². The number of rotatable bonds is 3. The lowest BCUT2D eigenvalue weighted by atomic mass is 9.65. The van der Waals surface area contributed by atoms with Crippen LogP contribution in [0.15, 0.2) is 4.99 Å². The van der Waals surface area contributed by atoms with Crippen molar-refractivity contribution >= 4 is 5.96 Å². The van der Waals surface area contributed by atoms with Crippen LogP contribution < -0.4 is 5.32 Å².